The van der Waals surface area contributed by atoms with Crippen LogP contribution < -0.4 is 9.47 Å². The van der Waals surface area contributed by atoms with Gasteiger partial charge in [0.25, 0.3) is 0 Å². The van der Waals surface area contributed by atoms with Gasteiger partial charge < -0.3 is 14.6 Å². The summed E-state index contributed by atoms with van der Waals surface area (Å²) in [7, 11) is 0. The number of benzene rings is 3. The fourth-order valence-electron chi connectivity index (χ4n) is 3.46. The van der Waals surface area contributed by atoms with Crippen molar-refractivity contribution in [2.45, 2.75) is 30.4 Å². The van der Waals surface area contributed by atoms with E-state index in [-0.39, 0.29) is 17.4 Å². The largest absolute Gasteiger partial charge is 0.483 e. The van der Waals surface area contributed by atoms with Crippen molar-refractivity contribution in [2.75, 3.05) is 6.61 Å². The van der Waals surface area contributed by atoms with Crippen LogP contribution in [0.5, 0.6) is 11.5 Å². The monoisotopic (exact) mass is 597 g/mol. The molecule has 39 heavy (non-hydrogen) atoms. The molecule has 0 spiro atoms. The Morgan fingerprint density at radius 1 is 1.10 bits per heavy atom. The van der Waals surface area contributed by atoms with E-state index in [9.17, 15) is 22.4 Å². The van der Waals surface area contributed by atoms with Crippen molar-refractivity contribution in [3.63, 3.8) is 0 Å². The minimum absolute atomic E-state index is 0.102. The number of thioether (sulfide) groups is 1. The molecule has 0 aliphatic carbocycles. The standard InChI is InChI=1S/C27H20ClF4NO4S2/c1-15-11-18(9-10-22(15)36-13-24(34)35)38-14-23-21(12-37-25-19(28)3-2-4-20(25)29)33-26(39-23)16-5-7-17(8-6-16)27(30,31)32/h2-11H,12-14H2,1H3,(H,34,35). The number of rotatable bonds is 10. The summed E-state index contributed by atoms with van der Waals surface area (Å²) in [6.07, 6.45) is -4.45. The minimum Gasteiger partial charge on any atom is -0.483 e. The Balaban J connectivity index is 1.57. The van der Waals surface area contributed by atoms with Gasteiger partial charge in [0.15, 0.2) is 18.2 Å². The molecule has 4 rings (SSSR count). The van der Waals surface area contributed by atoms with E-state index in [0.717, 1.165) is 27.5 Å². The molecule has 0 radical (unpaired) electrons. The average Bonchev–Trinajstić information content (AvgIpc) is 3.29. The van der Waals surface area contributed by atoms with Gasteiger partial charge in [-0.2, -0.15) is 13.2 Å². The first-order chi connectivity index (χ1) is 18.5. The van der Waals surface area contributed by atoms with Crippen LogP contribution in [0.2, 0.25) is 5.02 Å². The van der Waals surface area contributed by atoms with Gasteiger partial charge in [-0.25, -0.2) is 14.2 Å². The van der Waals surface area contributed by atoms with Crippen molar-refractivity contribution in [3.8, 4) is 22.1 Å². The zero-order valence-corrected chi connectivity index (χ0v) is 22.6. The molecule has 1 heterocycles. The van der Waals surface area contributed by atoms with Gasteiger partial charge in [0.1, 0.15) is 17.4 Å². The molecule has 0 saturated carbocycles. The third kappa shape index (κ3) is 7.43. The Morgan fingerprint density at radius 2 is 1.85 bits per heavy atom. The number of alkyl halides is 3. The van der Waals surface area contributed by atoms with Gasteiger partial charge in [-0.05, 0) is 55.0 Å². The molecule has 0 bridgehead atoms. The number of aryl methyl sites for hydroxylation is 1. The lowest BCUT2D eigenvalue weighted by Crippen LogP contribution is -2.09. The molecular formula is C27H20ClF4NO4S2. The molecule has 1 aromatic heterocycles. The van der Waals surface area contributed by atoms with E-state index in [0.29, 0.717) is 27.8 Å². The summed E-state index contributed by atoms with van der Waals surface area (Å²) in [6.45, 7) is 1.25. The lowest BCUT2D eigenvalue weighted by molar-refractivity contribution is -0.139. The van der Waals surface area contributed by atoms with Crippen LogP contribution >= 0.6 is 34.7 Å². The van der Waals surface area contributed by atoms with E-state index >= 15 is 0 Å². The summed E-state index contributed by atoms with van der Waals surface area (Å²) < 4.78 is 64.2. The molecule has 0 atom stereocenters. The number of ether oxygens (including phenoxy) is 2. The summed E-state index contributed by atoms with van der Waals surface area (Å²) in [6, 6.07) is 14.2. The van der Waals surface area contributed by atoms with Gasteiger partial charge in [-0.3, -0.25) is 0 Å². The second-order valence-electron chi connectivity index (χ2n) is 8.20. The summed E-state index contributed by atoms with van der Waals surface area (Å²) >= 11 is 8.84. The number of hydrogen-bond donors (Lipinski definition) is 1. The number of aromatic nitrogens is 1. The Labute approximate surface area is 234 Å². The minimum atomic E-state index is -4.45. The molecule has 0 amide bonds. The number of carboxylic acids is 1. The zero-order valence-electron chi connectivity index (χ0n) is 20.2. The average molecular weight is 598 g/mol. The van der Waals surface area contributed by atoms with Crippen LogP contribution in [0.4, 0.5) is 17.6 Å². The number of para-hydroxylation sites is 1. The normalized spacial score (nSPS) is 11.4. The zero-order chi connectivity index (χ0) is 28.2. The van der Waals surface area contributed by atoms with E-state index in [1.54, 1.807) is 19.1 Å². The SMILES string of the molecule is Cc1cc(SCc2sc(-c3ccc(C(F)(F)F)cc3)nc2COc2c(F)cccc2Cl)ccc1OCC(=O)O. The third-order valence-electron chi connectivity index (χ3n) is 5.38. The molecule has 0 unspecified atom stereocenters. The number of hydrogen-bond acceptors (Lipinski definition) is 6. The molecular weight excluding hydrogens is 578 g/mol. The molecule has 204 valence electrons. The fourth-order valence-corrected chi connectivity index (χ4v) is 5.84. The lowest BCUT2D eigenvalue weighted by Gasteiger charge is -2.10. The highest BCUT2D eigenvalue weighted by molar-refractivity contribution is 7.98. The highest BCUT2D eigenvalue weighted by atomic mass is 35.5. The molecule has 5 nitrogen and oxygen atoms in total. The van der Waals surface area contributed by atoms with Crippen LogP contribution in [0.3, 0.4) is 0 Å². The van der Waals surface area contributed by atoms with Crippen molar-refractivity contribution < 1.29 is 36.9 Å². The number of carboxylic acid groups (broad SMARTS) is 1. The predicted octanol–water partition coefficient (Wildman–Crippen LogP) is 8.26. The van der Waals surface area contributed by atoms with Crippen LogP contribution in [0.25, 0.3) is 10.6 Å². The molecule has 12 heteroatoms. The Bertz CT molecular complexity index is 1460. The van der Waals surface area contributed by atoms with Gasteiger partial charge in [0, 0.05) is 21.1 Å². The molecule has 4 aromatic rings. The Hall–Kier alpha value is -3.28. The van der Waals surface area contributed by atoms with Gasteiger partial charge in [0.05, 0.1) is 16.3 Å². The predicted molar refractivity (Wildman–Crippen MR) is 142 cm³/mol. The smallest absolute Gasteiger partial charge is 0.416 e. The third-order valence-corrected chi connectivity index (χ3v) is 8.02. The van der Waals surface area contributed by atoms with E-state index in [4.69, 9.17) is 26.2 Å². The second-order valence-corrected chi connectivity index (χ2v) is 10.7. The second kappa shape index (κ2) is 12.3. The molecule has 0 fully saturated rings. The number of carbonyl (C=O) groups is 1. The van der Waals surface area contributed by atoms with Gasteiger partial charge >= 0.3 is 12.1 Å². The highest BCUT2D eigenvalue weighted by Gasteiger charge is 2.30. The molecule has 0 aliphatic rings. The first-order valence-corrected chi connectivity index (χ1v) is 13.5. The van der Waals surface area contributed by atoms with Crippen molar-refractivity contribution in [3.05, 3.63) is 93.2 Å². The molecule has 3 aromatic carbocycles. The molecule has 0 saturated heterocycles. The topological polar surface area (TPSA) is 68.7 Å². The van der Waals surface area contributed by atoms with Crippen LogP contribution in [0.1, 0.15) is 21.7 Å². The van der Waals surface area contributed by atoms with Gasteiger partial charge in [0.2, 0.25) is 0 Å². The van der Waals surface area contributed by atoms with Crippen molar-refractivity contribution in [2.24, 2.45) is 0 Å². The van der Waals surface area contributed by atoms with E-state index in [1.165, 1.54) is 53.4 Å². The Morgan fingerprint density at radius 3 is 2.49 bits per heavy atom. The van der Waals surface area contributed by atoms with Crippen molar-refractivity contribution >= 4 is 40.7 Å². The lowest BCUT2D eigenvalue weighted by atomic mass is 10.1. The van der Waals surface area contributed by atoms with E-state index in [1.807, 2.05) is 6.07 Å². The molecule has 1 N–H and O–H groups in total. The fraction of sp³-hybridized carbons (Fsp3) is 0.185. The van der Waals surface area contributed by atoms with Crippen LogP contribution in [0.15, 0.2) is 65.6 Å². The van der Waals surface area contributed by atoms with Gasteiger partial charge in [-0.15, -0.1) is 23.1 Å². The van der Waals surface area contributed by atoms with Crippen molar-refractivity contribution in [1.82, 2.24) is 4.98 Å². The summed E-state index contributed by atoms with van der Waals surface area (Å²) in [5.41, 5.74) is 1.00. The number of nitrogens with zero attached hydrogens (tertiary/aromatic N) is 1. The number of thiazole rings is 1. The maximum absolute atomic E-state index is 14.2. The van der Waals surface area contributed by atoms with E-state index in [2.05, 4.69) is 4.98 Å². The van der Waals surface area contributed by atoms with Crippen LogP contribution in [-0.2, 0) is 23.3 Å². The highest BCUT2D eigenvalue weighted by Crippen LogP contribution is 2.37. The summed E-state index contributed by atoms with van der Waals surface area (Å²) in [4.78, 5) is 17.0. The van der Waals surface area contributed by atoms with Gasteiger partial charge in [-0.1, -0.05) is 29.8 Å². The van der Waals surface area contributed by atoms with Crippen LogP contribution in [0, 0.1) is 12.7 Å². The first kappa shape index (κ1) is 28.7. The number of halogens is 5. The summed E-state index contributed by atoms with van der Waals surface area (Å²) in [5, 5.41) is 9.41. The van der Waals surface area contributed by atoms with E-state index < -0.39 is 30.1 Å². The Kier molecular flexibility index (Phi) is 9.04. The van der Waals surface area contributed by atoms with Crippen LogP contribution in [-0.4, -0.2) is 22.7 Å². The first-order valence-electron chi connectivity index (χ1n) is 11.3. The summed E-state index contributed by atoms with van der Waals surface area (Å²) in [5.74, 6) is -0.920. The quantitative estimate of drug-likeness (QED) is 0.147. The maximum atomic E-state index is 14.2. The number of aliphatic carboxylic acids is 1. The molecule has 0 aliphatic heterocycles. The van der Waals surface area contributed by atoms with Crippen molar-refractivity contribution in [1.29, 1.82) is 0 Å². The maximum Gasteiger partial charge on any atom is 0.416 e.